The van der Waals surface area contributed by atoms with Gasteiger partial charge in [-0.25, -0.2) is 0 Å². The molecule has 4 rings (SSSR count). The minimum Gasteiger partial charge on any atom is -0.491 e. The summed E-state index contributed by atoms with van der Waals surface area (Å²) in [5, 5.41) is 10.4. The fourth-order valence-corrected chi connectivity index (χ4v) is 4.39. The molecule has 1 atom stereocenters. The van der Waals surface area contributed by atoms with E-state index in [0.717, 1.165) is 31.9 Å². The Labute approximate surface area is 197 Å². The second kappa shape index (κ2) is 12.5. The van der Waals surface area contributed by atoms with Crippen LogP contribution in [0.25, 0.3) is 0 Å². The zero-order valence-electron chi connectivity index (χ0n) is 19.1. The molecule has 0 aliphatic carbocycles. The molecule has 1 aliphatic heterocycles. The van der Waals surface area contributed by atoms with Gasteiger partial charge in [-0.3, -0.25) is 9.80 Å². The van der Waals surface area contributed by atoms with Crippen LogP contribution in [0.1, 0.15) is 17.2 Å². The van der Waals surface area contributed by atoms with Gasteiger partial charge in [-0.2, -0.15) is 0 Å². The second-order valence-corrected chi connectivity index (χ2v) is 8.45. The second-order valence-electron chi connectivity index (χ2n) is 8.45. The van der Waals surface area contributed by atoms with Gasteiger partial charge in [0.05, 0.1) is 25.4 Å². The van der Waals surface area contributed by atoms with Crippen LogP contribution in [0.15, 0.2) is 91.0 Å². The van der Waals surface area contributed by atoms with E-state index in [9.17, 15) is 5.11 Å². The lowest BCUT2D eigenvalue weighted by Gasteiger charge is -2.40. The molecule has 3 aromatic carbocycles. The average Bonchev–Trinajstić information content (AvgIpc) is 2.87. The fourth-order valence-electron chi connectivity index (χ4n) is 4.39. The SMILES string of the molecule is OC(COCCOc1ccccc1)CN1CCN(C(c2ccccc2)c2ccccc2)CC1. The summed E-state index contributed by atoms with van der Waals surface area (Å²) >= 11 is 0. The fraction of sp³-hybridized carbons (Fsp3) is 0.357. The molecule has 0 aromatic heterocycles. The molecule has 0 radical (unpaired) electrons. The van der Waals surface area contributed by atoms with Crippen molar-refractivity contribution in [3.8, 4) is 5.75 Å². The maximum atomic E-state index is 10.4. The molecule has 3 aromatic rings. The van der Waals surface area contributed by atoms with E-state index in [0.29, 0.717) is 26.4 Å². The van der Waals surface area contributed by atoms with Crippen molar-refractivity contribution in [3.63, 3.8) is 0 Å². The highest BCUT2D eigenvalue weighted by molar-refractivity contribution is 5.32. The van der Waals surface area contributed by atoms with E-state index >= 15 is 0 Å². The lowest BCUT2D eigenvalue weighted by atomic mass is 9.96. The quantitative estimate of drug-likeness (QED) is 0.454. The average molecular weight is 447 g/mol. The molecule has 5 heteroatoms. The van der Waals surface area contributed by atoms with Crippen molar-refractivity contribution < 1.29 is 14.6 Å². The molecule has 0 saturated carbocycles. The van der Waals surface area contributed by atoms with Gasteiger partial charge in [0.2, 0.25) is 0 Å². The Bertz CT molecular complexity index is 876. The number of ether oxygens (including phenoxy) is 2. The maximum Gasteiger partial charge on any atom is 0.119 e. The van der Waals surface area contributed by atoms with Gasteiger partial charge < -0.3 is 14.6 Å². The molecule has 1 unspecified atom stereocenters. The van der Waals surface area contributed by atoms with Crippen molar-refractivity contribution in [1.82, 2.24) is 9.80 Å². The third-order valence-corrected chi connectivity index (χ3v) is 6.02. The van der Waals surface area contributed by atoms with Gasteiger partial charge in [0.25, 0.3) is 0 Å². The highest BCUT2D eigenvalue weighted by Crippen LogP contribution is 2.29. The molecule has 0 spiro atoms. The van der Waals surface area contributed by atoms with E-state index in [-0.39, 0.29) is 6.04 Å². The van der Waals surface area contributed by atoms with E-state index in [1.807, 2.05) is 30.3 Å². The van der Waals surface area contributed by atoms with Crippen LogP contribution >= 0.6 is 0 Å². The predicted molar refractivity (Wildman–Crippen MR) is 132 cm³/mol. The zero-order valence-corrected chi connectivity index (χ0v) is 19.1. The molecule has 1 aliphatic rings. The van der Waals surface area contributed by atoms with E-state index in [1.54, 1.807) is 0 Å². The van der Waals surface area contributed by atoms with Gasteiger partial charge >= 0.3 is 0 Å². The summed E-state index contributed by atoms with van der Waals surface area (Å²) in [6.07, 6.45) is -0.493. The van der Waals surface area contributed by atoms with Crippen molar-refractivity contribution in [3.05, 3.63) is 102 Å². The number of hydrogen-bond donors (Lipinski definition) is 1. The van der Waals surface area contributed by atoms with Gasteiger partial charge in [0.15, 0.2) is 0 Å². The zero-order chi connectivity index (χ0) is 22.7. The van der Waals surface area contributed by atoms with Crippen LogP contribution in [0, 0.1) is 0 Å². The molecule has 0 amide bonds. The Hall–Kier alpha value is -2.70. The number of nitrogens with zero attached hydrogens (tertiary/aromatic N) is 2. The largest absolute Gasteiger partial charge is 0.491 e. The van der Waals surface area contributed by atoms with Crippen LogP contribution in [-0.2, 0) is 4.74 Å². The normalized spacial score (nSPS) is 16.1. The van der Waals surface area contributed by atoms with E-state index in [1.165, 1.54) is 11.1 Å². The van der Waals surface area contributed by atoms with Crippen molar-refractivity contribution in [1.29, 1.82) is 0 Å². The summed E-state index contributed by atoms with van der Waals surface area (Å²) in [5.74, 6) is 0.837. The third kappa shape index (κ3) is 7.14. The van der Waals surface area contributed by atoms with E-state index in [2.05, 4.69) is 70.5 Å². The summed E-state index contributed by atoms with van der Waals surface area (Å²) in [4.78, 5) is 4.88. The predicted octanol–water partition coefficient (Wildman–Crippen LogP) is 3.85. The van der Waals surface area contributed by atoms with Gasteiger partial charge in [0.1, 0.15) is 12.4 Å². The Balaban J connectivity index is 1.21. The first kappa shape index (κ1) is 23.5. The van der Waals surface area contributed by atoms with Gasteiger partial charge in [-0.15, -0.1) is 0 Å². The van der Waals surface area contributed by atoms with E-state index in [4.69, 9.17) is 9.47 Å². The first-order chi connectivity index (χ1) is 16.3. The van der Waals surface area contributed by atoms with E-state index < -0.39 is 6.10 Å². The molecule has 33 heavy (non-hydrogen) atoms. The Kier molecular flexibility index (Phi) is 8.90. The van der Waals surface area contributed by atoms with Crippen molar-refractivity contribution in [2.45, 2.75) is 12.1 Å². The number of β-amino-alcohol motifs (C(OH)–C–C–N with tert-alkyl or cyclic N) is 1. The number of benzene rings is 3. The number of piperazine rings is 1. The Morgan fingerprint density at radius 3 is 1.82 bits per heavy atom. The number of para-hydroxylation sites is 1. The molecule has 1 fully saturated rings. The third-order valence-electron chi connectivity index (χ3n) is 6.02. The molecule has 1 saturated heterocycles. The van der Waals surface area contributed by atoms with Crippen molar-refractivity contribution in [2.24, 2.45) is 0 Å². The number of hydrogen-bond acceptors (Lipinski definition) is 5. The summed E-state index contributed by atoms with van der Waals surface area (Å²) < 4.78 is 11.2. The minimum atomic E-state index is -0.493. The van der Waals surface area contributed by atoms with Crippen molar-refractivity contribution in [2.75, 3.05) is 52.5 Å². The van der Waals surface area contributed by atoms with Gasteiger partial charge in [-0.05, 0) is 23.3 Å². The van der Waals surface area contributed by atoms with Crippen LogP contribution in [0.2, 0.25) is 0 Å². The van der Waals surface area contributed by atoms with Crippen LogP contribution < -0.4 is 4.74 Å². The first-order valence-electron chi connectivity index (χ1n) is 11.8. The number of aliphatic hydroxyl groups is 1. The first-order valence-corrected chi connectivity index (χ1v) is 11.8. The van der Waals surface area contributed by atoms with Crippen molar-refractivity contribution >= 4 is 0 Å². The molecule has 5 nitrogen and oxygen atoms in total. The molecule has 0 bridgehead atoms. The Morgan fingerprint density at radius 2 is 1.24 bits per heavy atom. The lowest BCUT2D eigenvalue weighted by molar-refractivity contribution is -0.00190. The van der Waals surface area contributed by atoms with Crippen LogP contribution in [0.3, 0.4) is 0 Å². The highest BCUT2D eigenvalue weighted by atomic mass is 16.5. The molecular formula is C28H34N2O3. The molecule has 1 heterocycles. The number of aliphatic hydroxyl groups excluding tert-OH is 1. The number of rotatable bonds is 11. The topological polar surface area (TPSA) is 45.2 Å². The molecule has 1 N–H and O–H groups in total. The smallest absolute Gasteiger partial charge is 0.119 e. The van der Waals surface area contributed by atoms with Crippen LogP contribution in [-0.4, -0.2) is 73.6 Å². The summed E-state index contributed by atoms with van der Waals surface area (Å²) in [7, 11) is 0. The molecule has 174 valence electrons. The summed E-state index contributed by atoms with van der Waals surface area (Å²) in [6.45, 7) is 5.71. The monoisotopic (exact) mass is 446 g/mol. The molecular weight excluding hydrogens is 412 g/mol. The van der Waals surface area contributed by atoms with Crippen LogP contribution in [0.5, 0.6) is 5.75 Å². The maximum absolute atomic E-state index is 10.4. The lowest BCUT2D eigenvalue weighted by Crippen LogP contribution is -2.50. The van der Waals surface area contributed by atoms with Gasteiger partial charge in [-0.1, -0.05) is 78.9 Å². The highest BCUT2D eigenvalue weighted by Gasteiger charge is 2.27. The Morgan fingerprint density at radius 1 is 0.697 bits per heavy atom. The van der Waals surface area contributed by atoms with Gasteiger partial charge in [0, 0.05) is 32.7 Å². The summed E-state index contributed by atoms with van der Waals surface area (Å²) in [6, 6.07) is 31.4. The standard InChI is InChI=1S/C28H34N2O3/c31-26(23-32-20-21-33-27-14-8-3-9-15-27)22-29-16-18-30(19-17-29)28(24-10-4-1-5-11-24)25-12-6-2-7-13-25/h1-15,26,28,31H,16-23H2. The van der Waals surface area contributed by atoms with Crippen LogP contribution in [0.4, 0.5) is 0 Å². The summed E-state index contributed by atoms with van der Waals surface area (Å²) in [5.41, 5.74) is 2.65. The minimum absolute atomic E-state index is 0.257.